The number of amides is 2. The molecule has 0 atom stereocenters. The molecule has 1 aromatic carbocycles. The fourth-order valence-corrected chi connectivity index (χ4v) is 2.41. The number of likely N-dealkylation sites (tertiary alicyclic amines) is 1. The van der Waals surface area contributed by atoms with Crippen molar-refractivity contribution in [2.24, 2.45) is 0 Å². The highest BCUT2D eigenvalue weighted by Crippen LogP contribution is 2.12. The number of hydrogen-bond acceptors (Lipinski definition) is 2. The molecule has 4 heteroatoms. The molecule has 112 valence electrons. The maximum atomic E-state index is 12.2. The van der Waals surface area contributed by atoms with E-state index >= 15 is 0 Å². The minimum atomic E-state index is 0.0918. The van der Waals surface area contributed by atoms with Crippen molar-refractivity contribution >= 4 is 6.03 Å². The van der Waals surface area contributed by atoms with Crippen LogP contribution >= 0.6 is 0 Å². The molecular formula is C17H22N2O2. The first-order valence-electron chi connectivity index (χ1n) is 7.39. The molecule has 0 unspecified atom stereocenters. The van der Waals surface area contributed by atoms with Crippen molar-refractivity contribution in [2.45, 2.75) is 25.8 Å². The summed E-state index contributed by atoms with van der Waals surface area (Å²) in [7, 11) is 1.84. The number of carbonyl (C=O) groups excluding carboxylic acids is 1. The normalized spacial score (nSPS) is 13.7. The number of rotatable bonds is 3. The molecule has 1 N–H and O–H groups in total. The summed E-state index contributed by atoms with van der Waals surface area (Å²) in [4.78, 5) is 15.9. The van der Waals surface area contributed by atoms with Gasteiger partial charge in [-0.25, -0.2) is 4.79 Å². The first-order valence-corrected chi connectivity index (χ1v) is 7.39. The molecule has 0 aliphatic carbocycles. The van der Waals surface area contributed by atoms with Gasteiger partial charge in [0.2, 0.25) is 0 Å². The monoisotopic (exact) mass is 286 g/mol. The Morgan fingerprint density at radius 3 is 2.57 bits per heavy atom. The van der Waals surface area contributed by atoms with Gasteiger partial charge in [0.25, 0.3) is 0 Å². The van der Waals surface area contributed by atoms with Gasteiger partial charge in [-0.1, -0.05) is 24.0 Å². The standard InChI is InChI=1S/C17H22N2O2/c1-18(17(21)19-11-3-4-12-19)14-16-9-7-15(8-10-16)6-2-5-13-20/h7-10,20H,3-5,11-14H2,1H3. The van der Waals surface area contributed by atoms with E-state index in [9.17, 15) is 4.79 Å². The van der Waals surface area contributed by atoms with E-state index in [1.54, 1.807) is 4.90 Å². The summed E-state index contributed by atoms with van der Waals surface area (Å²) in [5.41, 5.74) is 2.03. The fraction of sp³-hybridized carbons (Fsp3) is 0.471. The molecule has 2 amide bonds. The summed E-state index contributed by atoms with van der Waals surface area (Å²) in [6.07, 6.45) is 2.72. The van der Waals surface area contributed by atoms with Gasteiger partial charge in [0.1, 0.15) is 0 Å². The van der Waals surface area contributed by atoms with E-state index in [1.165, 1.54) is 0 Å². The van der Waals surface area contributed by atoms with Gasteiger partial charge in [-0.3, -0.25) is 0 Å². The number of hydrogen-bond donors (Lipinski definition) is 1. The van der Waals surface area contributed by atoms with E-state index < -0.39 is 0 Å². The van der Waals surface area contributed by atoms with E-state index in [0.29, 0.717) is 13.0 Å². The van der Waals surface area contributed by atoms with Gasteiger partial charge in [-0.15, -0.1) is 0 Å². The summed E-state index contributed by atoms with van der Waals surface area (Å²) in [5.74, 6) is 5.89. The smallest absolute Gasteiger partial charge is 0.320 e. The average molecular weight is 286 g/mol. The Hall–Kier alpha value is -1.99. The van der Waals surface area contributed by atoms with Crippen LogP contribution in [-0.2, 0) is 6.54 Å². The van der Waals surface area contributed by atoms with Crippen molar-refractivity contribution in [1.29, 1.82) is 0 Å². The Morgan fingerprint density at radius 2 is 1.95 bits per heavy atom. The molecule has 0 saturated carbocycles. The molecule has 0 aromatic heterocycles. The summed E-state index contributed by atoms with van der Waals surface area (Å²) in [5, 5.41) is 8.69. The zero-order valence-corrected chi connectivity index (χ0v) is 12.5. The van der Waals surface area contributed by atoms with Crippen LogP contribution in [0.3, 0.4) is 0 Å². The van der Waals surface area contributed by atoms with Crippen LogP contribution in [0.4, 0.5) is 4.79 Å². The van der Waals surface area contributed by atoms with Crippen LogP contribution in [-0.4, -0.2) is 47.7 Å². The molecular weight excluding hydrogens is 264 g/mol. The summed E-state index contributed by atoms with van der Waals surface area (Å²) < 4.78 is 0. The van der Waals surface area contributed by atoms with Crippen LogP contribution < -0.4 is 0 Å². The Labute approximate surface area is 126 Å². The number of urea groups is 1. The van der Waals surface area contributed by atoms with Crippen LogP contribution in [0.2, 0.25) is 0 Å². The van der Waals surface area contributed by atoms with Crippen molar-refractivity contribution in [1.82, 2.24) is 9.80 Å². The third kappa shape index (κ3) is 4.51. The van der Waals surface area contributed by atoms with E-state index in [-0.39, 0.29) is 12.6 Å². The quantitative estimate of drug-likeness (QED) is 0.865. The van der Waals surface area contributed by atoms with Crippen molar-refractivity contribution < 1.29 is 9.90 Å². The molecule has 1 heterocycles. The zero-order valence-electron chi connectivity index (χ0n) is 12.5. The lowest BCUT2D eigenvalue weighted by atomic mass is 10.1. The SMILES string of the molecule is CN(Cc1ccc(C#CCCO)cc1)C(=O)N1CCCC1. The first-order chi connectivity index (χ1) is 10.2. The van der Waals surface area contributed by atoms with Crippen LogP contribution in [0.5, 0.6) is 0 Å². The minimum Gasteiger partial charge on any atom is -0.395 e. The predicted molar refractivity (Wildman–Crippen MR) is 82.7 cm³/mol. The number of carbonyl (C=O) groups is 1. The van der Waals surface area contributed by atoms with E-state index in [1.807, 2.05) is 36.2 Å². The van der Waals surface area contributed by atoms with Gasteiger partial charge >= 0.3 is 6.03 Å². The van der Waals surface area contributed by atoms with E-state index in [0.717, 1.165) is 37.1 Å². The molecule has 1 fully saturated rings. The molecule has 21 heavy (non-hydrogen) atoms. The average Bonchev–Trinajstić information content (AvgIpc) is 3.02. The summed E-state index contributed by atoms with van der Waals surface area (Å²) in [6, 6.07) is 8.01. The maximum absolute atomic E-state index is 12.2. The molecule has 0 spiro atoms. The highest BCUT2D eigenvalue weighted by Gasteiger charge is 2.20. The predicted octanol–water partition coefficient (Wildman–Crippen LogP) is 2.07. The summed E-state index contributed by atoms with van der Waals surface area (Å²) >= 11 is 0. The topological polar surface area (TPSA) is 43.8 Å². The lowest BCUT2D eigenvalue weighted by Gasteiger charge is -2.24. The fourth-order valence-electron chi connectivity index (χ4n) is 2.41. The molecule has 1 aliphatic heterocycles. The molecule has 1 aliphatic rings. The highest BCUT2D eigenvalue weighted by atomic mass is 16.2. The maximum Gasteiger partial charge on any atom is 0.320 e. The Morgan fingerprint density at radius 1 is 1.29 bits per heavy atom. The third-order valence-electron chi connectivity index (χ3n) is 3.55. The van der Waals surface area contributed by atoms with Gasteiger partial charge in [0, 0.05) is 38.7 Å². The van der Waals surface area contributed by atoms with Crippen LogP contribution in [0, 0.1) is 11.8 Å². The van der Waals surface area contributed by atoms with Crippen molar-refractivity contribution in [3.8, 4) is 11.8 Å². The number of aliphatic hydroxyl groups excluding tert-OH is 1. The van der Waals surface area contributed by atoms with Gasteiger partial charge < -0.3 is 14.9 Å². The van der Waals surface area contributed by atoms with Gasteiger partial charge in [-0.2, -0.15) is 0 Å². The zero-order chi connectivity index (χ0) is 15.1. The lowest BCUT2D eigenvalue weighted by Crippen LogP contribution is -2.38. The second kappa shape index (κ2) is 7.70. The highest BCUT2D eigenvalue weighted by molar-refractivity contribution is 5.74. The number of nitrogens with zero attached hydrogens (tertiary/aromatic N) is 2. The van der Waals surface area contributed by atoms with Gasteiger partial charge in [0.15, 0.2) is 0 Å². The molecule has 2 rings (SSSR count). The lowest BCUT2D eigenvalue weighted by molar-refractivity contribution is 0.171. The van der Waals surface area contributed by atoms with Crippen molar-refractivity contribution in [3.63, 3.8) is 0 Å². The Balaban J connectivity index is 1.90. The Kier molecular flexibility index (Phi) is 5.65. The second-order valence-corrected chi connectivity index (χ2v) is 5.31. The van der Waals surface area contributed by atoms with E-state index in [2.05, 4.69) is 11.8 Å². The summed E-state index contributed by atoms with van der Waals surface area (Å²) in [6.45, 7) is 2.46. The van der Waals surface area contributed by atoms with Crippen LogP contribution in [0.1, 0.15) is 30.4 Å². The number of benzene rings is 1. The van der Waals surface area contributed by atoms with E-state index in [4.69, 9.17) is 5.11 Å². The van der Waals surface area contributed by atoms with Crippen LogP contribution in [0.25, 0.3) is 0 Å². The minimum absolute atomic E-state index is 0.0918. The largest absolute Gasteiger partial charge is 0.395 e. The number of aliphatic hydroxyl groups is 1. The molecule has 4 nitrogen and oxygen atoms in total. The van der Waals surface area contributed by atoms with Crippen molar-refractivity contribution in [2.75, 3.05) is 26.7 Å². The van der Waals surface area contributed by atoms with Crippen molar-refractivity contribution in [3.05, 3.63) is 35.4 Å². The first kappa shape index (κ1) is 15.4. The Bertz CT molecular complexity index is 522. The van der Waals surface area contributed by atoms with Gasteiger partial charge in [0.05, 0.1) is 6.61 Å². The van der Waals surface area contributed by atoms with Gasteiger partial charge in [-0.05, 0) is 30.5 Å². The van der Waals surface area contributed by atoms with Crippen LogP contribution in [0.15, 0.2) is 24.3 Å². The molecule has 1 aromatic rings. The third-order valence-corrected chi connectivity index (χ3v) is 3.55. The molecule has 0 bridgehead atoms. The second-order valence-electron chi connectivity index (χ2n) is 5.31. The molecule has 0 radical (unpaired) electrons. The molecule has 1 saturated heterocycles.